The zero-order chi connectivity index (χ0) is 8.27. The number of hydrogen-bond donors (Lipinski definition) is 3. The molecule has 1 aromatic carbocycles. The zero-order valence-corrected chi connectivity index (χ0v) is 5.71. The number of halogens is 1. The highest BCUT2D eigenvalue weighted by atomic mass is 19.1. The van der Waals surface area contributed by atoms with Crippen molar-refractivity contribution in [3.8, 4) is 5.75 Å². The van der Waals surface area contributed by atoms with E-state index < -0.39 is 5.82 Å². The first-order valence-corrected chi connectivity index (χ1v) is 3.08. The van der Waals surface area contributed by atoms with Gasteiger partial charge in [0, 0.05) is 6.54 Å². The van der Waals surface area contributed by atoms with Crippen LogP contribution in [0.4, 0.5) is 4.39 Å². The van der Waals surface area contributed by atoms with Crippen LogP contribution in [0.25, 0.3) is 0 Å². The van der Waals surface area contributed by atoms with Gasteiger partial charge in [0.15, 0.2) is 11.6 Å². The predicted octanol–water partition coefficient (Wildman–Crippen LogP) is 1.01. The second kappa shape index (κ2) is 3.32. The molecule has 4 heteroatoms. The Bertz CT molecular complexity index is 252. The topological polar surface area (TPSA) is 52.5 Å². The lowest BCUT2D eigenvalue weighted by molar-refractivity contribution is 0.161. The van der Waals surface area contributed by atoms with Gasteiger partial charge in [-0.1, -0.05) is 6.07 Å². The summed E-state index contributed by atoms with van der Waals surface area (Å²) in [4.78, 5) is 0. The molecule has 0 aliphatic heterocycles. The highest BCUT2D eigenvalue weighted by molar-refractivity contribution is 5.27. The molecule has 0 bridgehead atoms. The summed E-state index contributed by atoms with van der Waals surface area (Å²) in [6.07, 6.45) is 0. The van der Waals surface area contributed by atoms with Gasteiger partial charge < -0.3 is 10.3 Å². The first-order valence-electron chi connectivity index (χ1n) is 3.08. The maximum atomic E-state index is 12.5. The molecule has 1 rings (SSSR count). The molecule has 0 amide bonds. The number of phenolic OH excluding ortho intramolecular Hbond substituents is 1. The summed E-state index contributed by atoms with van der Waals surface area (Å²) < 4.78 is 12.5. The third-order valence-corrected chi connectivity index (χ3v) is 1.30. The van der Waals surface area contributed by atoms with Crippen LogP contribution in [-0.4, -0.2) is 10.3 Å². The lowest BCUT2D eigenvalue weighted by atomic mass is 10.2. The smallest absolute Gasteiger partial charge is 0.165 e. The molecule has 0 radical (unpaired) electrons. The van der Waals surface area contributed by atoms with E-state index in [1.165, 1.54) is 12.1 Å². The summed E-state index contributed by atoms with van der Waals surface area (Å²) in [5.74, 6) is -1.07. The van der Waals surface area contributed by atoms with Gasteiger partial charge in [-0.3, -0.25) is 0 Å². The molecule has 1 aromatic rings. The monoisotopic (exact) mass is 157 g/mol. The summed E-state index contributed by atoms with van der Waals surface area (Å²) in [6, 6.07) is 3.90. The molecule has 0 atom stereocenters. The molecule has 0 unspecified atom stereocenters. The number of nitrogens with one attached hydrogen (secondary N) is 1. The minimum Gasteiger partial charge on any atom is -0.505 e. The molecule has 0 aliphatic carbocycles. The van der Waals surface area contributed by atoms with E-state index in [0.29, 0.717) is 5.56 Å². The Morgan fingerprint density at radius 2 is 2.18 bits per heavy atom. The Morgan fingerprint density at radius 3 is 2.73 bits per heavy atom. The van der Waals surface area contributed by atoms with Gasteiger partial charge in [-0.2, -0.15) is 0 Å². The Labute approximate surface area is 63.1 Å². The number of hydrogen-bond acceptors (Lipinski definition) is 3. The Morgan fingerprint density at radius 1 is 1.45 bits per heavy atom. The average molecular weight is 157 g/mol. The number of rotatable bonds is 2. The Balaban J connectivity index is 2.86. The third kappa shape index (κ3) is 1.89. The van der Waals surface area contributed by atoms with Crippen LogP contribution >= 0.6 is 0 Å². The lowest BCUT2D eigenvalue weighted by Gasteiger charge is -1.99. The fourth-order valence-corrected chi connectivity index (χ4v) is 0.752. The second-order valence-electron chi connectivity index (χ2n) is 2.12. The molecule has 3 nitrogen and oxygen atoms in total. The first kappa shape index (κ1) is 7.97. The van der Waals surface area contributed by atoms with Crippen LogP contribution in [0.1, 0.15) is 5.56 Å². The van der Waals surface area contributed by atoms with Crippen molar-refractivity contribution in [2.45, 2.75) is 6.54 Å². The molecule has 0 spiro atoms. The number of hydroxylamine groups is 1. The van der Waals surface area contributed by atoms with Crippen LogP contribution < -0.4 is 5.48 Å². The van der Waals surface area contributed by atoms with E-state index in [1.807, 2.05) is 5.48 Å². The second-order valence-corrected chi connectivity index (χ2v) is 2.12. The summed E-state index contributed by atoms with van der Waals surface area (Å²) in [5.41, 5.74) is 2.45. The fraction of sp³-hybridized carbons (Fsp3) is 0.143. The Hall–Kier alpha value is -1.13. The van der Waals surface area contributed by atoms with E-state index in [9.17, 15) is 4.39 Å². The molecule has 3 N–H and O–H groups in total. The van der Waals surface area contributed by atoms with E-state index in [4.69, 9.17) is 10.3 Å². The maximum Gasteiger partial charge on any atom is 0.165 e. The molecule has 11 heavy (non-hydrogen) atoms. The molecule has 0 heterocycles. The van der Waals surface area contributed by atoms with Crippen molar-refractivity contribution in [3.63, 3.8) is 0 Å². The van der Waals surface area contributed by atoms with Crippen molar-refractivity contribution in [2.75, 3.05) is 0 Å². The number of phenols is 1. The van der Waals surface area contributed by atoms with E-state index in [2.05, 4.69) is 0 Å². The predicted molar refractivity (Wildman–Crippen MR) is 36.7 cm³/mol. The largest absolute Gasteiger partial charge is 0.505 e. The van der Waals surface area contributed by atoms with Gasteiger partial charge in [-0.15, -0.1) is 0 Å². The van der Waals surface area contributed by atoms with E-state index >= 15 is 0 Å². The SMILES string of the molecule is ONCc1ccc(O)c(F)c1. The Kier molecular flexibility index (Phi) is 2.40. The summed E-state index contributed by atoms with van der Waals surface area (Å²) in [7, 11) is 0. The van der Waals surface area contributed by atoms with Crippen molar-refractivity contribution >= 4 is 0 Å². The summed E-state index contributed by atoms with van der Waals surface area (Å²) in [6.45, 7) is 0.164. The maximum absolute atomic E-state index is 12.5. The number of aromatic hydroxyl groups is 1. The normalized spacial score (nSPS) is 10.0. The minimum absolute atomic E-state index is 0.164. The van der Waals surface area contributed by atoms with Crippen LogP contribution in [0.3, 0.4) is 0 Å². The third-order valence-electron chi connectivity index (χ3n) is 1.30. The van der Waals surface area contributed by atoms with E-state index in [1.54, 1.807) is 0 Å². The highest BCUT2D eigenvalue weighted by Gasteiger charge is 1.99. The van der Waals surface area contributed by atoms with Crippen LogP contribution in [0.2, 0.25) is 0 Å². The molecule has 0 saturated carbocycles. The van der Waals surface area contributed by atoms with Crippen molar-refractivity contribution in [1.82, 2.24) is 5.48 Å². The highest BCUT2D eigenvalue weighted by Crippen LogP contribution is 2.15. The fourth-order valence-electron chi connectivity index (χ4n) is 0.752. The van der Waals surface area contributed by atoms with E-state index in [0.717, 1.165) is 6.07 Å². The van der Waals surface area contributed by atoms with Gasteiger partial charge in [-0.25, -0.2) is 9.87 Å². The molecular weight excluding hydrogens is 149 g/mol. The summed E-state index contributed by atoms with van der Waals surface area (Å²) >= 11 is 0. The molecule has 0 aliphatic rings. The molecule has 0 saturated heterocycles. The summed E-state index contributed by atoms with van der Waals surface area (Å²) in [5, 5.41) is 17.0. The minimum atomic E-state index is -0.683. The van der Waals surface area contributed by atoms with Gasteiger partial charge in [-0.05, 0) is 17.7 Å². The average Bonchev–Trinajstić information content (AvgIpc) is 1.98. The standard InChI is InChI=1S/C7H8FNO2/c8-6-3-5(4-9-11)1-2-7(6)10/h1-3,9-11H,4H2. The molecular formula is C7H8FNO2. The number of benzene rings is 1. The van der Waals surface area contributed by atoms with Crippen LogP contribution in [0.5, 0.6) is 5.75 Å². The lowest BCUT2D eigenvalue weighted by Crippen LogP contribution is -2.05. The zero-order valence-electron chi connectivity index (χ0n) is 5.71. The molecule has 0 aromatic heterocycles. The van der Waals surface area contributed by atoms with Crippen LogP contribution in [-0.2, 0) is 6.54 Å². The van der Waals surface area contributed by atoms with Gasteiger partial charge in [0.2, 0.25) is 0 Å². The first-order chi connectivity index (χ1) is 5.24. The molecule has 60 valence electrons. The van der Waals surface area contributed by atoms with Crippen molar-refractivity contribution in [1.29, 1.82) is 0 Å². The van der Waals surface area contributed by atoms with Crippen LogP contribution in [0, 0.1) is 5.82 Å². The molecule has 0 fully saturated rings. The van der Waals surface area contributed by atoms with Crippen molar-refractivity contribution in [3.05, 3.63) is 29.6 Å². The van der Waals surface area contributed by atoms with Crippen LogP contribution in [0.15, 0.2) is 18.2 Å². The van der Waals surface area contributed by atoms with Gasteiger partial charge in [0.05, 0.1) is 0 Å². The van der Waals surface area contributed by atoms with Gasteiger partial charge in [0.1, 0.15) is 0 Å². The van der Waals surface area contributed by atoms with Crippen molar-refractivity contribution < 1.29 is 14.7 Å². The van der Waals surface area contributed by atoms with Gasteiger partial charge >= 0.3 is 0 Å². The van der Waals surface area contributed by atoms with Crippen molar-refractivity contribution in [2.24, 2.45) is 0 Å². The van der Waals surface area contributed by atoms with Gasteiger partial charge in [0.25, 0.3) is 0 Å². The quantitative estimate of drug-likeness (QED) is 0.561. The van der Waals surface area contributed by atoms with E-state index in [-0.39, 0.29) is 12.3 Å².